The summed E-state index contributed by atoms with van der Waals surface area (Å²) in [7, 11) is 3.33. The Morgan fingerprint density at radius 2 is 1.34 bits per heavy atom. The first-order chi connectivity index (χ1) is 17.1. The summed E-state index contributed by atoms with van der Waals surface area (Å²) in [5.74, 6) is 1.53. The van der Waals surface area contributed by atoms with E-state index in [-0.39, 0.29) is 0 Å². The zero-order valence-corrected chi connectivity index (χ0v) is 20.1. The Kier molecular flexibility index (Phi) is 4.35. The van der Waals surface area contributed by atoms with E-state index in [1.165, 1.54) is 21.5 Å². The van der Waals surface area contributed by atoms with Gasteiger partial charge in [-0.1, -0.05) is 72.4 Å². The van der Waals surface area contributed by atoms with Gasteiger partial charge in [0.2, 0.25) is 0 Å². The third-order valence-electron chi connectivity index (χ3n) is 7.29. The second-order valence-corrected chi connectivity index (χ2v) is 10.1. The molecule has 1 unspecified atom stereocenters. The van der Waals surface area contributed by atoms with Crippen molar-refractivity contribution in [3.63, 3.8) is 0 Å². The van der Waals surface area contributed by atoms with Gasteiger partial charge >= 0.3 is 0 Å². The van der Waals surface area contributed by atoms with Crippen LogP contribution in [0, 0.1) is 0 Å². The summed E-state index contributed by atoms with van der Waals surface area (Å²) < 4.78 is 10.9. The van der Waals surface area contributed by atoms with E-state index < -0.39 is 5.60 Å². The van der Waals surface area contributed by atoms with E-state index in [1.54, 1.807) is 26.0 Å². The average Bonchev–Trinajstić information content (AvgIpc) is 2.91. The number of methoxy groups -OCH3 is 2. The lowest BCUT2D eigenvalue weighted by Gasteiger charge is -2.37. The van der Waals surface area contributed by atoms with Crippen LogP contribution < -0.4 is 9.47 Å². The van der Waals surface area contributed by atoms with Crippen LogP contribution in [-0.2, 0) is 5.60 Å². The zero-order valence-electron chi connectivity index (χ0n) is 19.3. The van der Waals surface area contributed by atoms with Crippen LogP contribution in [0.5, 0.6) is 11.5 Å². The molecule has 0 fully saturated rings. The molecule has 0 radical (unpaired) electrons. The van der Waals surface area contributed by atoms with E-state index in [4.69, 9.17) is 9.47 Å². The molecule has 0 saturated carbocycles. The van der Waals surface area contributed by atoms with Gasteiger partial charge in [0, 0.05) is 20.9 Å². The molecule has 1 aliphatic heterocycles. The number of aliphatic hydroxyl groups is 1. The van der Waals surface area contributed by atoms with Gasteiger partial charge in [-0.2, -0.15) is 0 Å². The number of rotatable bonds is 3. The highest BCUT2D eigenvalue weighted by Crippen LogP contribution is 2.55. The second-order valence-electron chi connectivity index (χ2n) is 9.01. The lowest BCUT2D eigenvalue weighted by Crippen LogP contribution is -2.32. The molecule has 1 aliphatic rings. The van der Waals surface area contributed by atoms with Gasteiger partial charge < -0.3 is 14.6 Å². The molecule has 170 valence electrons. The van der Waals surface area contributed by atoms with Crippen LogP contribution >= 0.6 is 11.8 Å². The summed E-state index contributed by atoms with van der Waals surface area (Å²) in [5, 5.41) is 19.9. The molecule has 0 amide bonds. The van der Waals surface area contributed by atoms with Gasteiger partial charge in [-0.25, -0.2) is 0 Å². The molecule has 6 aromatic rings. The lowest BCUT2D eigenvalue weighted by atomic mass is 9.78. The highest BCUT2D eigenvalue weighted by molar-refractivity contribution is 7.99. The zero-order chi connectivity index (χ0) is 23.7. The van der Waals surface area contributed by atoms with Crippen molar-refractivity contribution in [2.75, 3.05) is 14.2 Å². The highest BCUT2D eigenvalue weighted by atomic mass is 32.2. The normalized spacial score (nSPS) is 17.0. The van der Waals surface area contributed by atoms with Crippen molar-refractivity contribution >= 4 is 44.1 Å². The van der Waals surface area contributed by atoms with E-state index in [0.29, 0.717) is 0 Å². The standard InChI is InChI=1S/C31H22O3S/c1-33-22-11-9-21(10-12-22)31(32)25-15-13-23(34-2)17-27(25)35-30-24-14-8-19-5-3-4-18-6-7-20(16-26(30)31)29(24)28(18)19/h3-17,32H,1-2H3. The minimum Gasteiger partial charge on any atom is -0.497 e. The summed E-state index contributed by atoms with van der Waals surface area (Å²) in [6.45, 7) is 0. The van der Waals surface area contributed by atoms with Crippen LogP contribution in [-0.4, -0.2) is 19.3 Å². The highest BCUT2D eigenvalue weighted by Gasteiger charge is 2.42. The van der Waals surface area contributed by atoms with Crippen molar-refractivity contribution < 1.29 is 14.6 Å². The van der Waals surface area contributed by atoms with Crippen LogP contribution in [0.25, 0.3) is 32.3 Å². The van der Waals surface area contributed by atoms with Gasteiger partial charge in [-0.05, 0) is 68.2 Å². The molecule has 0 aliphatic carbocycles. The number of hydrogen-bond acceptors (Lipinski definition) is 4. The smallest absolute Gasteiger partial charge is 0.142 e. The first-order valence-electron chi connectivity index (χ1n) is 11.6. The quantitative estimate of drug-likeness (QED) is 0.272. The van der Waals surface area contributed by atoms with Gasteiger partial charge in [-0.15, -0.1) is 0 Å². The van der Waals surface area contributed by atoms with Crippen molar-refractivity contribution in [3.8, 4) is 11.5 Å². The van der Waals surface area contributed by atoms with Crippen molar-refractivity contribution in [1.29, 1.82) is 0 Å². The average molecular weight is 475 g/mol. The molecule has 4 heteroatoms. The molecule has 7 rings (SSSR count). The Morgan fingerprint density at radius 1 is 0.657 bits per heavy atom. The first-order valence-corrected chi connectivity index (χ1v) is 12.4. The minimum atomic E-state index is -1.32. The van der Waals surface area contributed by atoms with Crippen LogP contribution in [0.3, 0.4) is 0 Å². The summed E-state index contributed by atoms with van der Waals surface area (Å²) in [6.07, 6.45) is 0. The molecule has 0 aromatic heterocycles. The minimum absolute atomic E-state index is 0.758. The predicted molar refractivity (Wildman–Crippen MR) is 142 cm³/mol. The molecule has 1 atom stereocenters. The molecular formula is C31H22O3S. The Bertz CT molecular complexity index is 1740. The molecule has 0 saturated heterocycles. The number of fused-ring (bicyclic) bond motifs is 3. The van der Waals surface area contributed by atoms with Crippen LogP contribution in [0.2, 0.25) is 0 Å². The lowest BCUT2D eigenvalue weighted by molar-refractivity contribution is 0.119. The molecule has 35 heavy (non-hydrogen) atoms. The maximum absolute atomic E-state index is 12.7. The van der Waals surface area contributed by atoms with Gasteiger partial charge in [0.1, 0.15) is 17.1 Å². The van der Waals surface area contributed by atoms with Crippen molar-refractivity contribution in [2.45, 2.75) is 15.4 Å². The molecular weight excluding hydrogens is 452 g/mol. The molecule has 1 heterocycles. The Balaban J connectivity index is 1.61. The maximum atomic E-state index is 12.7. The summed E-state index contributed by atoms with van der Waals surface area (Å²) in [4.78, 5) is 2.07. The molecule has 0 spiro atoms. The topological polar surface area (TPSA) is 38.7 Å². The van der Waals surface area contributed by atoms with Gasteiger partial charge in [0.15, 0.2) is 0 Å². The van der Waals surface area contributed by atoms with Crippen molar-refractivity contribution in [2.24, 2.45) is 0 Å². The third-order valence-corrected chi connectivity index (χ3v) is 8.49. The predicted octanol–water partition coefficient (Wildman–Crippen LogP) is 7.35. The maximum Gasteiger partial charge on any atom is 0.142 e. The number of benzene rings is 6. The molecule has 1 N–H and O–H groups in total. The Hall–Kier alpha value is -3.73. The van der Waals surface area contributed by atoms with Crippen LogP contribution in [0.1, 0.15) is 16.7 Å². The van der Waals surface area contributed by atoms with Gasteiger partial charge in [-0.3, -0.25) is 0 Å². The fourth-order valence-electron chi connectivity index (χ4n) is 5.57. The Morgan fingerprint density at radius 3 is 2.09 bits per heavy atom. The van der Waals surface area contributed by atoms with Crippen molar-refractivity contribution in [1.82, 2.24) is 0 Å². The first kappa shape index (κ1) is 20.6. The number of ether oxygens (including phenoxy) is 2. The SMILES string of the molecule is COc1ccc(C2(O)c3ccc(OC)cc3Sc3c2cc2ccc4cccc5ccc3c2c45)cc1. The van der Waals surface area contributed by atoms with Crippen molar-refractivity contribution in [3.05, 3.63) is 108 Å². The summed E-state index contributed by atoms with van der Waals surface area (Å²) in [5.41, 5.74) is 1.24. The van der Waals surface area contributed by atoms with E-state index in [2.05, 4.69) is 48.5 Å². The van der Waals surface area contributed by atoms with E-state index in [0.717, 1.165) is 48.8 Å². The van der Waals surface area contributed by atoms with Crippen LogP contribution in [0.4, 0.5) is 0 Å². The van der Waals surface area contributed by atoms with Gasteiger partial charge in [0.05, 0.1) is 14.2 Å². The summed E-state index contributed by atoms with van der Waals surface area (Å²) >= 11 is 1.70. The van der Waals surface area contributed by atoms with Gasteiger partial charge in [0.25, 0.3) is 0 Å². The Labute approximate surface area is 207 Å². The molecule has 0 bridgehead atoms. The molecule has 6 aromatic carbocycles. The van der Waals surface area contributed by atoms with Crippen LogP contribution in [0.15, 0.2) is 101 Å². The van der Waals surface area contributed by atoms with E-state index in [9.17, 15) is 5.11 Å². The third kappa shape index (κ3) is 2.78. The fraction of sp³-hybridized carbons (Fsp3) is 0.0968. The summed E-state index contributed by atoms with van der Waals surface area (Å²) in [6, 6.07) is 31.0. The fourth-order valence-corrected chi connectivity index (χ4v) is 6.89. The van der Waals surface area contributed by atoms with E-state index in [1.807, 2.05) is 42.5 Å². The monoisotopic (exact) mass is 474 g/mol. The second kappa shape index (κ2) is 7.38. The number of hydrogen-bond donors (Lipinski definition) is 1. The largest absolute Gasteiger partial charge is 0.497 e. The van der Waals surface area contributed by atoms with E-state index >= 15 is 0 Å². The molecule has 3 nitrogen and oxygen atoms in total.